The first-order chi connectivity index (χ1) is 7.23. The molecule has 0 spiro atoms. The molecule has 0 aromatic rings. The predicted molar refractivity (Wildman–Crippen MR) is 63.8 cm³/mol. The highest BCUT2D eigenvalue weighted by Crippen LogP contribution is 2.52. The summed E-state index contributed by atoms with van der Waals surface area (Å²) in [6, 6.07) is 0. The van der Waals surface area contributed by atoms with Gasteiger partial charge in [-0.3, -0.25) is 0 Å². The summed E-state index contributed by atoms with van der Waals surface area (Å²) in [5, 5.41) is 0. The van der Waals surface area contributed by atoms with E-state index < -0.39 is 6.49 Å². The molecule has 2 saturated heterocycles. The molecule has 5 heteroatoms. The predicted octanol–water partition coefficient (Wildman–Crippen LogP) is 2.41. The van der Waals surface area contributed by atoms with Crippen LogP contribution in [0.15, 0.2) is 0 Å². The maximum absolute atomic E-state index is 5.74. The van der Waals surface area contributed by atoms with Gasteiger partial charge in [0, 0.05) is 25.3 Å². The van der Waals surface area contributed by atoms with E-state index in [4.69, 9.17) is 25.6 Å². The molecule has 2 fully saturated rings. The van der Waals surface area contributed by atoms with Crippen LogP contribution in [0.3, 0.4) is 0 Å². The van der Waals surface area contributed by atoms with Crippen LogP contribution in [0, 0.1) is 11.8 Å². The maximum atomic E-state index is 5.74. The normalized spacial score (nSPS) is 39.1. The van der Waals surface area contributed by atoms with Crippen molar-refractivity contribution >= 4 is 18.3 Å². The molecule has 0 unspecified atom stereocenters. The maximum Gasteiger partial charge on any atom is 0.188 e. The van der Waals surface area contributed by atoms with Gasteiger partial charge in [-0.1, -0.05) is 6.92 Å². The molecule has 0 saturated carbocycles. The highest BCUT2D eigenvalue weighted by Gasteiger charge is 2.32. The summed E-state index contributed by atoms with van der Waals surface area (Å²) in [7, 11) is 0. The van der Waals surface area contributed by atoms with E-state index in [-0.39, 0.29) is 0 Å². The van der Waals surface area contributed by atoms with E-state index in [2.05, 4.69) is 6.92 Å². The van der Waals surface area contributed by atoms with Crippen LogP contribution >= 0.6 is 6.49 Å². The van der Waals surface area contributed by atoms with Crippen LogP contribution in [0.4, 0.5) is 0 Å². The Hall–Kier alpha value is 0.530. The summed E-state index contributed by atoms with van der Waals surface area (Å²) in [5.74, 6) is 1.25. The fourth-order valence-electron chi connectivity index (χ4n) is 2.15. The third-order valence-electron chi connectivity index (χ3n) is 3.29. The molecule has 0 amide bonds. The van der Waals surface area contributed by atoms with Gasteiger partial charge < -0.3 is 13.8 Å². The summed E-state index contributed by atoms with van der Waals surface area (Å²) >= 11 is 5.35. The van der Waals surface area contributed by atoms with Gasteiger partial charge in [0.2, 0.25) is 0 Å². The molecule has 0 aromatic carbocycles. The van der Waals surface area contributed by atoms with Crippen LogP contribution in [-0.2, 0) is 25.6 Å². The second kappa shape index (κ2) is 5.24. The van der Waals surface area contributed by atoms with Crippen molar-refractivity contribution in [2.24, 2.45) is 11.8 Å². The minimum atomic E-state index is -1.88. The van der Waals surface area contributed by atoms with Crippen molar-refractivity contribution in [1.82, 2.24) is 0 Å². The largest absolute Gasteiger partial charge is 0.381 e. The number of hydrogen-bond acceptors (Lipinski definition) is 4. The summed E-state index contributed by atoms with van der Waals surface area (Å²) in [5.41, 5.74) is 0. The van der Waals surface area contributed by atoms with E-state index in [1.54, 1.807) is 0 Å². The molecular weight excluding hydrogens is 231 g/mol. The molecule has 2 heterocycles. The molecule has 2 rings (SSSR count). The molecule has 0 aromatic heterocycles. The standard InChI is InChI=1S/C10H19O3PS/c1-2-14(15)12-7-10(8-13-14)9-3-5-11-6-4-9/h9-10H,2-8H2,1H3. The van der Waals surface area contributed by atoms with Crippen LogP contribution in [0.2, 0.25) is 0 Å². The Morgan fingerprint density at radius 2 is 1.73 bits per heavy atom. The summed E-state index contributed by atoms with van der Waals surface area (Å²) < 4.78 is 16.8. The highest BCUT2D eigenvalue weighted by molar-refractivity contribution is 8.09. The van der Waals surface area contributed by atoms with E-state index in [0.717, 1.165) is 45.4 Å². The van der Waals surface area contributed by atoms with E-state index in [9.17, 15) is 0 Å². The first-order valence-corrected chi connectivity index (χ1v) is 8.52. The molecule has 0 atom stereocenters. The van der Waals surface area contributed by atoms with Gasteiger partial charge in [-0.2, -0.15) is 0 Å². The van der Waals surface area contributed by atoms with Gasteiger partial charge in [-0.05, 0) is 30.6 Å². The van der Waals surface area contributed by atoms with Crippen LogP contribution in [-0.4, -0.2) is 32.6 Å². The summed E-state index contributed by atoms with van der Waals surface area (Å²) in [6.07, 6.45) is 3.14. The van der Waals surface area contributed by atoms with Crippen LogP contribution in [0.5, 0.6) is 0 Å². The van der Waals surface area contributed by atoms with Gasteiger partial charge in [-0.15, -0.1) is 0 Å². The zero-order valence-corrected chi connectivity index (χ0v) is 10.9. The third kappa shape index (κ3) is 3.01. The zero-order chi connectivity index (χ0) is 10.7. The zero-order valence-electron chi connectivity index (χ0n) is 9.18. The lowest BCUT2D eigenvalue weighted by Gasteiger charge is -2.36. The van der Waals surface area contributed by atoms with Crippen LogP contribution in [0.25, 0.3) is 0 Å². The summed E-state index contributed by atoms with van der Waals surface area (Å²) in [4.78, 5) is 0. The summed E-state index contributed by atoms with van der Waals surface area (Å²) in [6.45, 7) is 3.56. The first kappa shape index (κ1) is 12.0. The Morgan fingerprint density at radius 1 is 1.13 bits per heavy atom. The molecular formula is C10H19O3PS. The van der Waals surface area contributed by atoms with Crippen molar-refractivity contribution in [2.45, 2.75) is 19.8 Å². The van der Waals surface area contributed by atoms with Gasteiger partial charge in [0.15, 0.2) is 6.49 Å². The smallest absolute Gasteiger partial charge is 0.188 e. The van der Waals surface area contributed by atoms with Gasteiger partial charge in [0.05, 0.1) is 13.2 Å². The van der Waals surface area contributed by atoms with E-state index in [0.29, 0.717) is 11.8 Å². The van der Waals surface area contributed by atoms with Crippen molar-refractivity contribution in [3.63, 3.8) is 0 Å². The Bertz CT molecular complexity index is 241. The second-order valence-electron chi connectivity index (χ2n) is 4.23. The van der Waals surface area contributed by atoms with Crippen LogP contribution in [0.1, 0.15) is 19.8 Å². The van der Waals surface area contributed by atoms with Gasteiger partial charge in [0.1, 0.15) is 0 Å². The molecule has 88 valence electrons. The minimum Gasteiger partial charge on any atom is -0.381 e. The fraction of sp³-hybridized carbons (Fsp3) is 1.00. The van der Waals surface area contributed by atoms with Gasteiger partial charge >= 0.3 is 0 Å². The lowest BCUT2D eigenvalue weighted by Crippen LogP contribution is -2.32. The van der Waals surface area contributed by atoms with Gasteiger partial charge in [0.25, 0.3) is 0 Å². The highest BCUT2D eigenvalue weighted by atomic mass is 32.5. The van der Waals surface area contributed by atoms with E-state index >= 15 is 0 Å². The van der Waals surface area contributed by atoms with Crippen molar-refractivity contribution in [3.8, 4) is 0 Å². The van der Waals surface area contributed by atoms with E-state index in [1.165, 1.54) is 0 Å². The molecule has 0 bridgehead atoms. The van der Waals surface area contributed by atoms with Crippen LogP contribution < -0.4 is 0 Å². The molecule has 0 N–H and O–H groups in total. The lowest BCUT2D eigenvalue weighted by molar-refractivity contribution is 0.00895. The monoisotopic (exact) mass is 250 g/mol. The fourth-order valence-corrected chi connectivity index (χ4v) is 3.79. The minimum absolute atomic E-state index is 0.538. The molecule has 3 nitrogen and oxygen atoms in total. The average molecular weight is 250 g/mol. The molecule has 0 aliphatic carbocycles. The molecule has 0 radical (unpaired) electrons. The van der Waals surface area contributed by atoms with Gasteiger partial charge in [-0.25, -0.2) is 0 Å². The average Bonchev–Trinajstić information content (AvgIpc) is 2.31. The third-order valence-corrected chi connectivity index (χ3v) is 6.56. The quantitative estimate of drug-likeness (QED) is 0.703. The van der Waals surface area contributed by atoms with Crippen molar-refractivity contribution in [3.05, 3.63) is 0 Å². The number of hydrogen-bond donors (Lipinski definition) is 0. The van der Waals surface area contributed by atoms with Crippen molar-refractivity contribution in [1.29, 1.82) is 0 Å². The Labute approximate surface area is 96.6 Å². The first-order valence-electron chi connectivity index (χ1n) is 5.69. The Balaban J connectivity index is 1.84. The SMILES string of the molecule is CCP1(=S)OCC(C2CCOCC2)CO1. The molecule has 15 heavy (non-hydrogen) atoms. The lowest BCUT2D eigenvalue weighted by atomic mass is 9.87. The number of rotatable bonds is 2. The second-order valence-corrected chi connectivity index (χ2v) is 8.27. The van der Waals surface area contributed by atoms with E-state index in [1.807, 2.05) is 0 Å². The Morgan fingerprint density at radius 3 is 2.27 bits per heavy atom. The molecule has 2 aliphatic rings. The molecule has 2 aliphatic heterocycles. The van der Waals surface area contributed by atoms with Crippen molar-refractivity contribution in [2.75, 3.05) is 32.6 Å². The number of ether oxygens (including phenoxy) is 1. The Kier molecular flexibility index (Phi) is 4.19. The van der Waals surface area contributed by atoms with Crippen molar-refractivity contribution < 1.29 is 13.8 Å². The topological polar surface area (TPSA) is 27.7 Å².